The summed E-state index contributed by atoms with van der Waals surface area (Å²) in [5.41, 5.74) is 2.86. The fourth-order valence-electron chi connectivity index (χ4n) is 2.73. The average molecular weight is 321 g/mol. The van der Waals surface area contributed by atoms with Crippen molar-refractivity contribution in [1.29, 1.82) is 0 Å². The zero-order chi connectivity index (χ0) is 16.9. The molecule has 0 radical (unpaired) electrons. The van der Waals surface area contributed by atoms with Gasteiger partial charge >= 0.3 is 7.12 Å². The standard InChI is InChI=1S/C18H20BN3O2/c1-17(2)18(3,4)24-19(23-17)13-10-11-15-16(12-13)21-22(20-15)14-8-6-5-7-9-14/h5-12H,1-4H3. The summed E-state index contributed by atoms with van der Waals surface area (Å²) in [6.07, 6.45) is 0. The number of hydrogen-bond acceptors (Lipinski definition) is 4. The highest BCUT2D eigenvalue weighted by Gasteiger charge is 2.51. The van der Waals surface area contributed by atoms with E-state index in [-0.39, 0.29) is 18.3 Å². The Balaban J connectivity index is 1.70. The van der Waals surface area contributed by atoms with E-state index in [0.29, 0.717) is 0 Å². The van der Waals surface area contributed by atoms with Crippen molar-refractivity contribution in [2.75, 3.05) is 0 Å². The Kier molecular flexibility index (Phi) is 3.30. The van der Waals surface area contributed by atoms with E-state index < -0.39 is 0 Å². The molecule has 0 amide bonds. The first-order chi connectivity index (χ1) is 11.4. The van der Waals surface area contributed by atoms with E-state index in [4.69, 9.17) is 9.31 Å². The van der Waals surface area contributed by atoms with Gasteiger partial charge in [0.1, 0.15) is 11.0 Å². The average Bonchev–Trinajstić information content (AvgIpc) is 3.06. The van der Waals surface area contributed by atoms with Gasteiger partial charge in [-0.15, -0.1) is 10.2 Å². The van der Waals surface area contributed by atoms with Crippen LogP contribution in [0.5, 0.6) is 0 Å². The molecule has 0 atom stereocenters. The molecule has 1 aromatic heterocycles. The lowest BCUT2D eigenvalue weighted by molar-refractivity contribution is 0.00578. The van der Waals surface area contributed by atoms with Crippen LogP contribution in [0.3, 0.4) is 0 Å². The van der Waals surface area contributed by atoms with Crippen molar-refractivity contribution in [3.63, 3.8) is 0 Å². The molecule has 4 rings (SSSR count). The zero-order valence-corrected chi connectivity index (χ0v) is 14.4. The van der Waals surface area contributed by atoms with Gasteiger partial charge in [0.15, 0.2) is 0 Å². The second-order valence-corrected chi connectivity index (χ2v) is 7.16. The summed E-state index contributed by atoms with van der Waals surface area (Å²) in [6, 6.07) is 15.8. The maximum Gasteiger partial charge on any atom is 0.494 e. The first-order valence-electron chi connectivity index (χ1n) is 8.14. The molecule has 122 valence electrons. The first-order valence-corrected chi connectivity index (χ1v) is 8.14. The lowest BCUT2D eigenvalue weighted by atomic mass is 9.79. The van der Waals surface area contributed by atoms with E-state index >= 15 is 0 Å². The number of benzene rings is 2. The van der Waals surface area contributed by atoms with Crippen molar-refractivity contribution in [1.82, 2.24) is 15.0 Å². The normalized spacial score (nSPS) is 19.1. The minimum Gasteiger partial charge on any atom is -0.399 e. The number of aromatic nitrogens is 3. The highest BCUT2D eigenvalue weighted by Crippen LogP contribution is 2.36. The molecule has 0 unspecified atom stereocenters. The van der Waals surface area contributed by atoms with Gasteiger partial charge in [0.25, 0.3) is 0 Å². The maximum absolute atomic E-state index is 6.11. The van der Waals surface area contributed by atoms with Crippen LogP contribution in [-0.4, -0.2) is 33.3 Å². The third kappa shape index (κ3) is 2.42. The molecule has 1 aliphatic heterocycles. The molecule has 1 fully saturated rings. The zero-order valence-electron chi connectivity index (χ0n) is 14.4. The summed E-state index contributed by atoms with van der Waals surface area (Å²) >= 11 is 0. The van der Waals surface area contributed by atoms with Crippen LogP contribution in [0.4, 0.5) is 0 Å². The van der Waals surface area contributed by atoms with Gasteiger partial charge in [-0.05, 0) is 57.4 Å². The van der Waals surface area contributed by atoms with Crippen molar-refractivity contribution in [2.24, 2.45) is 0 Å². The van der Waals surface area contributed by atoms with E-state index in [0.717, 1.165) is 22.2 Å². The van der Waals surface area contributed by atoms with Crippen molar-refractivity contribution in [3.8, 4) is 5.69 Å². The number of rotatable bonds is 2. The molecule has 0 N–H and O–H groups in total. The van der Waals surface area contributed by atoms with Crippen molar-refractivity contribution < 1.29 is 9.31 Å². The third-order valence-electron chi connectivity index (χ3n) is 4.92. The second kappa shape index (κ2) is 5.16. The molecule has 0 bridgehead atoms. The summed E-state index contributed by atoms with van der Waals surface area (Å²) in [7, 11) is -0.388. The molecule has 1 saturated heterocycles. The Hall–Kier alpha value is -2.18. The fraction of sp³-hybridized carbons (Fsp3) is 0.333. The van der Waals surface area contributed by atoms with Gasteiger partial charge in [-0.25, -0.2) is 0 Å². The van der Waals surface area contributed by atoms with Gasteiger partial charge in [-0.1, -0.05) is 24.3 Å². The lowest BCUT2D eigenvalue weighted by Crippen LogP contribution is -2.41. The molecule has 2 heterocycles. The van der Waals surface area contributed by atoms with Gasteiger partial charge in [0.05, 0.1) is 16.9 Å². The Morgan fingerprint density at radius 2 is 1.46 bits per heavy atom. The number of nitrogens with zero attached hydrogens (tertiary/aromatic N) is 3. The summed E-state index contributed by atoms with van der Waals surface area (Å²) in [4.78, 5) is 1.65. The summed E-state index contributed by atoms with van der Waals surface area (Å²) in [5.74, 6) is 0. The SMILES string of the molecule is CC1(C)OB(c2ccc3nn(-c4ccccc4)nc3c2)OC1(C)C. The molecule has 3 aromatic rings. The van der Waals surface area contributed by atoms with Gasteiger partial charge in [-0.3, -0.25) is 0 Å². The molecule has 2 aromatic carbocycles. The summed E-state index contributed by atoms with van der Waals surface area (Å²) in [5, 5.41) is 9.11. The number of fused-ring (bicyclic) bond motifs is 1. The molecule has 24 heavy (non-hydrogen) atoms. The molecule has 0 aliphatic carbocycles. The first kappa shape index (κ1) is 15.4. The van der Waals surface area contributed by atoms with E-state index in [2.05, 4.69) is 37.9 Å². The highest BCUT2D eigenvalue weighted by molar-refractivity contribution is 6.62. The maximum atomic E-state index is 6.11. The van der Waals surface area contributed by atoms with Crippen LogP contribution in [-0.2, 0) is 9.31 Å². The van der Waals surface area contributed by atoms with E-state index in [9.17, 15) is 0 Å². The smallest absolute Gasteiger partial charge is 0.399 e. The quantitative estimate of drug-likeness (QED) is 0.681. The molecular weight excluding hydrogens is 301 g/mol. The van der Waals surface area contributed by atoms with Crippen LogP contribution >= 0.6 is 0 Å². The van der Waals surface area contributed by atoms with Gasteiger partial charge in [0, 0.05) is 0 Å². The largest absolute Gasteiger partial charge is 0.494 e. The van der Waals surface area contributed by atoms with Gasteiger partial charge in [0.2, 0.25) is 0 Å². The summed E-state index contributed by atoms with van der Waals surface area (Å²) < 4.78 is 12.2. The van der Waals surface area contributed by atoms with Gasteiger partial charge in [-0.2, -0.15) is 4.80 Å². The Labute approximate surface area is 141 Å². The van der Waals surface area contributed by atoms with Crippen molar-refractivity contribution in [3.05, 3.63) is 48.5 Å². The molecule has 5 nitrogen and oxygen atoms in total. The number of hydrogen-bond donors (Lipinski definition) is 0. The van der Waals surface area contributed by atoms with Crippen LogP contribution in [0.15, 0.2) is 48.5 Å². The van der Waals surface area contributed by atoms with E-state index in [1.54, 1.807) is 4.80 Å². The van der Waals surface area contributed by atoms with Crippen LogP contribution < -0.4 is 5.46 Å². The molecule has 0 spiro atoms. The Morgan fingerprint density at radius 3 is 2.12 bits per heavy atom. The highest BCUT2D eigenvalue weighted by atomic mass is 16.7. The molecular formula is C18H20BN3O2. The van der Waals surface area contributed by atoms with E-state index in [1.807, 2.05) is 48.5 Å². The predicted molar refractivity (Wildman–Crippen MR) is 94.6 cm³/mol. The summed E-state index contributed by atoms with van der Waals surface area (Å²) in [6.45, 7) is 8.21. The minimum absolute atomic E-state index is 0.353. The third-order valence-corrected chi connectivity index (χ3v) is 4.92. The van der Waals surface area contributed by atoms with Crippen LogP contribution in [0.25, 0.3) is 16.7 Å². The minimum atomic E-state index is -0.388. The Morgan fingerprint density at radius 1 is 0.833 bits per heavy atom. The topological polar surface area (TPSA) is 49.2 Å². The van der Waals surface area contributed by atoms with E-state index in [1.165, 1.54) is 0 Å². The molecule has 6 heteroatoms. The van der Waals surface area contributed by atoms with Crippen molar-refractivity contribution in [2.45, 2.75) is 38.9 Å². The molecule has 0 saturated carbocycles. The fourth-order valence-corrected chi connectivity index (χ4v) is 2.73. The molecule has 1 aliphatic rings. The lowest BCUT2D eigenvalue weighted by Gasteiger charge is -2.32. The Bertz CT molecular complexity index is 874. The van der Waals surface area contributed by atoms with Crippen LogP contribution in [0.2, 0.25) is 0 Å². The van der Waals surface area contributed by atoms with Crippen LogP contribution in [0, 0.1) is 0 Å². The van der Waals surface area contributed by atoms with Crippen molar-refractivity contribution >= 4 is 23.6 Å². The predicted octanol–water partition coefficient (Wildman–Crippen LogP) is 2.72. The second-order valence-electron chi connectivity index (χ2n) is 7.16. The number of para-hydroxylation sites is 1. The van der Waals surface area contributed by atoms with Crippen LogP contribution in [0.1, 0.15) is 27.7 Å². The monoisotopic (exact) mass is 321 g/mol. The van der Waals surface area contributed by atoms with Gasteiger partial charge < -0.3 is 9.31 Å².